The largest absolute Gasteiger partial charge is 0.281 e. The third kappa shape index (κ3) is 2.31. The number of hydrogen-bond acceptors (Lipinski definition) is 1. The zero-order valence-corrected chi connectivity index (χ0v) is 10.3. The molecule has 0 amide bonds. The molecule has 17 heavy (non-hydrogen) atoms. The summed E-state index contributed by atoms with van der Waals surface area (Å²) in [5.41, 5.74) is 2.90. The van der Waals surface area contributed by atoms with Gasteiger partial charge in [0, 0.05) is 16.9 Å². The van der Waals surface area contributed by atoms with Gasteiger partial charge in [0.1, 0.15) is 0 Å². The first-order valence-electron chi connectivity index (χ1n) is 6.01. The van der Waals surface area contributed by atoms with Crippen molar-refractivity contribution in [3.63, 3.8) is 0 Å². The van der Waals surface area contributed by atoms with Crippen molar-refractivity contribution in [3.05, 3.63) is 64.1 Å². The van der Waals surface area contributed by atoms with Crippen LogP contribution in [-0.4, -0.2) is 4.57 Å². The molecule has 2 nitrogen and oxygen atoms in total. The van der Waals surface area contributed by atoms with Gasteiger partial charge in [0.05, 0.1) is 0 Å². The van der Waals surface area contributed by atoms with Crippen LogP contribution in [0.2, 0.25) is 0 Å². The lowest BCUT2D eigenvalue weighted by Gasteiger charge is -2.13. The first-order chi connectivity index (χ1) is 8.24. The molecule has 0 aliphatic rings. The maximum atomic E-state index is 12.2. The predicted octanol–water partition coefficient (Wildman–Crippen LogP) is 3.10. The lowest BCUT2D eigenvalue weighted by molar-refractivity contribution is 0.805. The van der Waals surface area contributed by atoms with Gasteiger partial charge in [0.2, 0.25) is 0 Å². The summed E-state index contributed by atoms with van der Waals surface area (Å²) in [4.78, 5) is 12.2. The van der Waals surface area contributed by atoms with Crippen molar-refractivity contribution >= 4 is 0 Å². The lowest BCUT2D eigenvalue weighted by atomic mass is 10.1. The van der Waals surface area contributed by atoms with Crippen LogP contribution in [0, 0.1) is 6.92 Å². The molecule has 0 unspecified atom stereocenters. The van der Waals surface area contributed by atoms with Gasteiger partial charge in [-0.15, -0.1) is 0 Å². The minimum atomic E-state index is 0.0853. The van der Waals surface area contributed by atoms with E-state index in [0.717, 1.165) is 29.8 Å². The van der Waals surface area contributed by atoms with Crippen LogP contribution in [0.5, 0.6) is 0 Å². The first kappa shape index (κ1) is 11.6. The summed E-state index contributed by atoms with van der Waals surface area (Å²) >= 11 is 0. The highest BCUT2D eigenvalue weighted by atomic mass is 16.1. The van der Waals surface area contributed by atoms with Gasteiger partial charge in [-0.25, -0.2) is 0 Å². The van der Waals surface area contributed by atoms with Crippen LogP contribution in [-0.2, 0) is 6.42 Å². The molecule has 0 aliphatic carbocycles. The Labute approximate surface area is 102 Å². The average Bonchev–Trinajstić information content (AvgIpc) is 2.36. The number of rotatable bonds is 3. The summed E-state index contributed by atoms with van der Waals surface area (Å²) in [5, 5.41) is 0. The fourth-order valence-electron chi connectivity index (χ4n) is 1.99. The Morgan fingerprint density at radius 1 is 1.06 bits per heavy atom. The Balaban J connectivity index is 2.66. The molecule has 0 atom stereocenters. The average molecular weight is 227 g/mol. The maximum absolute atomic E-state index is 12.2. The maximum Gasteiger partial charge on any atom is 0.258 e. The van der Waals surface area contributed by atoms with E-state index in [4.69, 9.17) is 0 Å². The molecule has 0 saturated heterocycles. The van der Waals surface area contributed by atoms with E-state index in [1.54, 1.807) is 0 Å². The normalized spacial score (nSPS) is 10.5. The highest BCUT2D eigenvalue weighted by Gasteiger charge is 2.07. The molecule has 1 aromatic heterocycles. The van der Waals surface area contributed by atoms with Crippen molar-refractivity contribution in [3.8, 4) is 5.69 Å². The Hall–Kier alpha value is -1.83. The zero-order valence-electron chi connectivity index (χ0n) is 10.3. The molecule has 0 aliphatic heterocycles. The molecule has 2 rings (SSSR count). The molecule has 0 saturated carbocycles. The van der Waals surface area contributed by atoms with Crippen LogP contribution in [0.25, 0.3) is 5.69 Å². The smallest absolute Gasteiger partial charge is 0.258 e. The third-order valence-corrected chi connectivity index (χ3v) is 2.87. The number of aryl methyl sites for hydroxylation is 2. The van der Waals surface area contributed by atoms with E-state index in [1.807, 2.05) is 54.0 Å². The van der Waals surface area contributed by atoms with Gasteiger partial charge in [0.15, 0.2) is 0 Å². The quantitative estimate of drug-likeness (QED) is 0.789. The van der Waals surface area contributed by atoms with E-state index < -0.39 is 0 Å². The molecule has 1 aromatic carbocycles. The fraction of sp³-hybridized carbons (Fsp3) is 0.267. The number of nitrogens with zero attached hydrogens (tertiary/aromatic N) is 1. The second-order valence-electron chi connectivity index (χ2n) is 4.23. The Kier molecular flexibility index (Phi) is 3.43. The van der Waals surface area contributed by atoms with Gasteiger partial charge in [-0.1, -0.05) is 37.6 Å². The first-order valence-corrected chi connectivity index (χ1v) is 6.01. The number of aromatic nitrogens is 1. The summed E-state index contributed by atoms with van der Waals surface area (Å²) in [6.45, 7) is 3.98. The van der Waals surface area contributed by atoms with Crippen molar-refractivity contribution in [2.75, 3.05) is 0 Å². The van der Waals surface area contributed by atoms with Gasteiger partial charge in [-0.05, 0) is 31.5 Å². The molecule has 0 fully saturated rings. The van der Waals surface area contributed by atoms with Crippen LogP contribution in [0.15, 0.2) is 47.3 Å². The van der Waals surface area contributed by atoms with E-state index in [9.17, 15) is 4.79 Å². The van der Waals surface area contributed by atoms with Crippen molar-refractivity contribution in [1.82, 2.24) is 4.57 Å². The summed E-state index contributed by atoms with van der Waals surface area (Å²) in [5.74, 6) is 0. The number of para-hydroxylation sites is 1. The molecule has 1 heterocycles. The second-order valence-corrected chi connectivity index (χ2v) is 4.23. The molecule has 0 radical (unpaired) electrons. The molecule has 2 heteroatoms. The number of pyridine rings is 1. The summed E-state index contributed by atoms with van der Waals surface area (Å²) in [6, 6.07) is 13.8. The van der Waals surface area contributed by atoms with Gasteiger partial charge in [-0.3, -0.25) is 9.36 Å². The molecular formula is C15H17NO. The van der Waals surface area contributed by atoms with Crippen molar-refractivity contribution in [1.29, 1.82) is 0 Å². The fourth-order valence-corrected chi connectivity index (χ4v) is 1.99. The van der Waals surface area contributed by atoms with E-state index in [1.165, 1.54) is 0 Å². The zero-order chi connectivity index (χ0) is 12.3. The van der Waals surface area contributed by atoms with Crippen LogP contribution >= 0.6 is 0 Å². The summed E-state index contributed by atoms with van der Waals surface area (Å²) in [6.07, 6.45) is 1.96. The Bertz CT molecular complexity index is 555. The van der Waals surface area contributed by atoms with Crippen molar-refractivity contribution in [2.24, 2.45) is 0 Å². The Morgan fingerprint density at radius 3 is 2.41 bits per heavy atom. The number of hydrogen-bond donors (Lipinski definition) is 0. The van der Waals surface area contributed by atoms with Gasteiger partial charge in [0.25, 0.3) is 5.56 Å². The molecule has 88 valence electrons. The van der Waals surface area contributed by atoms with Gasteiger partial charge < -0.3 is 0 Å². The van der Waals surface area contributed by atoms with E-state index >= 15 is 0 Å². The minimum absolute atomic E-state index is 0.0853. The summed E-state index contributed by atoms with van der Waals surface area (Å²) < 4.78 is 1.82. The molecule has 0 bridgehead atoms. The van der Waals surface area contributed by atoms with E-state index in [2.05, 4.69) is 6.92 Å². The standard InChI is InChI=1S/C15H17NO/c1-3-7-13-11-10-12(2)15(17)16(13)14-8-5-4-6-9-14/h4-6,8-11H,3,7H2,1-2H3. The third-order valence-electron chi connectivity index (χ3n) is 2.87. The van der Waals surface area contributed by atoms with Crippen LogP contribution < -0.4 is 5.56 Å². The SMILES string of the molecule is CCCc1ccc(C)c(=O)n1-c1ccccc1. The lowest BCUT2D eigenvalue weighted by Crippen LogP contribution is -2.23. The van der Waals surface area contributed by atoms with Gasteiger partial charge >= 0.3 is 0 Å². The highest BCUT2D eigenvalue weighted by Crippen LogP contribution is 2.10. The number of benzene rings is 1. The highest BCUT2D eigenvalue weighted by molar-refractivity contribution is 5.35. The van der Waals surface area contributed by atoms with Crippen molar-refractivity contribution < 1.29 is 0 Å². The molecule has 2 aromatic rings. The molecule has 0 spiro atoms. The monoisotopic (exact) mass is 227 g/mol. The second kappa shape index (κ2) is 5.00. The van der Waals surface area contributed by atoms with Crippen molar-refractivity contribution in [2.45, 2.75) is 26.7 Å². The van der Waals surface area contributed by atoms with Crippen LogP contribution in [0.3, 0.4) is 0 Å². The predicted molar refractivity (Wildman–Crippen MR) is 70.8 cm³/mol. The molecular weight excluding hydrogens is 210 g/mol. The van der Waals surface area contributed by atoms with E-state index in [-0.39, 0.29) is 5.56 Å². The summed E-state index contributed by atoms with van der Waals surface area (Å²) in [7, 11) is 0. The van der Waals surface area contributed by atoms with E-state index in [0.29, 0.717) is 0 Å². The Morgan fingerprint density at radius 2 is 1.76 bits per heavy atom. The van der Waals surface area contributed by atoms with Gasteiger partial charge in [-0.2, -0.15) is 0 Å². The topological polar surface area (TPSA) is 22.0 Å². The minimum Gasteiger partial charge on any atom is -0.281 e. The van der Waals surface area contributed by atoms with Crippen LogP contribution in [0.1, 0.15) is 24.6 Å². The molecule has 0 N–H and O–H groups in total. The van der Waals surface area contributed by atoms with Crippen LogP contribution in [0.4, 0.5) is 0 Å².